The molecule has 1 aromatic rings. The zero-order chi connectivity index (χ0) is 22.6. The minimum Gasteiger partial charge on any atom is -0.468 e. The molecule has 1 amide bonds. The Bertz CT molecular complexity index is 1050. The first-order valence-corrected chi connectivity index (χ1v) is 10.1. The summed E-state index contributed by atoms with van der Waals surface area (Å²) in [4.78, 5) is 20.7. The number of carbonyl (C=O) groups excluding carboxylic acids is 1. The highest BCUT2D eigenvalue weighted by atomic mass is 19.4. The average molecular weight is 442 g/mol. The number of ether oxygens (including phenoxy) is 1. The molecular formula is C23H21F3N4O2. The van der Waals surface area contributed by atoms with E-state index in [4.69, 9.17) is 4.74 Å². The van der Waals surface area contributed by atoms with Gasteiger partial charge in [0.2, 0.25) is 12.1 Å². The lowest BCUT2D eigenvalue weighted by molar-refractivity contribution is -0.120. The van der Waals surface area contributed by atoms with E-state index in [1.54, 1.807) is 18.2 Å². The Kier molecular flexibility index (Phi) is 6.25. The van der Waals surface area contributed by atoms with E-state index in [0.717, 1.165) is 23.6 Å². The van der Waals surface area contributed by atoms with Crippen LogP contribution in [0.15, 0.2) is 82.0 Å². The number of benzene rings is 1. The summed E-state index contributed by atoms with van der Waals surface area (Å²) >= 11 is 0. The van der Waals surface area contributed by atoms with Gasteiger partial charge in [-0.2, -0.15) is 13.2 Å². The number of amides is 1. The molecule has 2 aliphatic heterocycles. The number of nitrogens with zero attached hydrogens (tertiary/aromatic N) is 2. The molecule has 2 atom stereocenters. The highest BCUT2D eigenvalue weighted by Crippen LogP contribution is 2.29. The van der Waals surface area contributed by atoms with Crippen LogP contribution in [0.1, 0.15) is 18.4 Å². The second-order valence-corrected chi connectivity index (χ2v) is 7.42. The SMILES string of the molecule is O=C(CC1=CCC=C(C(F)(F)F)C=C1)NCc1ccc(OC2N=CN=C3NC=CC32)cc1. The summed E-state index contributed by atoms with van der Waals surface area (Å²) in [7, 11) is 0. The second-order valence-electron chi connectivity index (χ2n) is 7.42. The van der Waals surface area contributed by atoms with E-state index in [9.17, 15) is 18.0 Å². The number of halogens is 3. The van der Waals surface area contributed by atoms with Crippen LogP contribution in [-0.4, -0.2) is 30.5 Å². The summed E-state index contributed by atoms with van der Waals surface area (Å²) in [5.74, 6) is 1.13. The Morgan fingerprint density at radius 1 is 1.19 bits per heavy atom. The van der Waals surface area contributed by atoms with Crippen molar-refractivity contribution in [3.05, 3.63) is 77.6 Å². The van der Waals surface area contributed by atoms with Crippen molar-refractivity contribution in [3.63, 3.8) is 0 Å². The maximum atomic E-state index is 12.8. The molecule has 0 saturated heterocycles. The van der Waals surface area contributed by atoms with Crippen molar-refractivity contribution in [1.82, 2.24) is 10.6 Å². The molecule has 9 heteroatoms. The van der Waals surface area contributed by atoms with Crippen LogP contribution in [0, 0.1) is 5.92 Å². The molecule has 166 valence electrons. The van der Waals surface area contributed by atoms with Crippen LogP contribution in [0.3, 0.4) is 0 Å². The van der Waals surface area contributed by atoms with Gasteiger partial charge in [0.1, 0.15) is 17.9 Å². The van der Waals surface area contributed by atoms with Crippen LogP contribution in [0.4, 0.5) is 13.2 Å². The quantitative estimate of drug-likeness (QED) is 0.701. The molecule has 4 rings (SSSR count). The molecule has 32 heavy (non-hydrogen) atoms. The van der Waals surface area contributed by atoms with E-state index in [2.05, 4.69) is 20.6 Å². The second kappa shape index (κ2) is 9.25. The highest BCUT2D eigenvalue weighted by molar-refractivity contribution is 5.96. The summed E-state index contributed by atoms with van der Waals surface area (Å²) < 4.78 is 44.3. The number of aliphatic imine (C=N–C) groups is 2. The van der Waals surface area contributed by atoms with E-state index < -0.39 is 18.0 Å². The van der Waals surface area contributed by atoms with E-state index in [0.29, 0.717) is 17.9 Å². The zero-order valence-electron chi connectivity index (χ0n) is 17.0. The molecule has 0 spiro atoms. The molecule has 0 saturated carbocycles. The van der Waals surface area contributed by atoms with Crippen molar-refractivity contribution in [1.29, 1.82) is 0 Å². The third kappa shape index (κ3) is 5.35. The predicted octanol–water partition coefficient (Wildman–Crippen LogP) is 3.95. The monoisotopic (exact) mass is 442 g/mol. The van der Waals surface area contributed by atoms with Gasteiger partial charge in [0, 0.05) is 6.54 Å². The first kappa shape index (κ1) is 21.6. The molecule has 6 nitrogen and oxygen atoms in total. The Labute approximate surface area is 183 Å². The van der Waals surface area contributed by atoms with Crippen molar-refractivity contribution in [3.8, 4) is 5.75 Å². The van der Waals surface area contributed by atoms with Crippen LogP contribution in [0.5, 0.6) is 5.75 Å². The normalized spacial score (nSPS) is 21.7. The van der Waals surface area contributed by atoms with Gasteiger partial charge in [-0.15, -0.1) is 0 Å². The summed E-state index contributed by atoms with van der Waals surface area (Å²) in [5, 5.41) is 5.84. The Hall–Kier alpha value is -3.62. The maximum Gasteiger partial charge on any atom is 0.416 e. The molecule has 3 aliphatic rings. The molecule has 2 unspecified atom stereocenters. The van der Waals surface area contributed by atoms with Crippen molar-refractivity contribution in [2.24, 2.45) is 15.9 Å². The molecule has 1 aliphatic carbocycles. The minimum atomic E-state index is -4.39. The first-order chi connectivity index (χ1) is 15.4. The lowest BCUT2D eigenvalue weighted by Crippen LogP contribution is -2.35. The van der Waals surface area contributed by atoms with Crippen LogP contribution in [0.2, 0.25) is 0 Å². The van der Waals surface area contributed by atoms with E-state index >= 15 is 0 Å². The van der Waals surface area contributed by atoms with Gasteiger partial charge in [-0.05, 0) is 35.9 Å². The van der Waals surface area contributed by atoms with Crippen LogP contribution in [-0.2, 0) is 11.3 Å². The number of fused-ring (bicyclic) bond motifs is 1. The number of carbonyl (C=O) groups is 1. The van der Waals surface area contributed by atoms with Crippen molar-refractivity contribution in [2.45, 2.75) is 31.8 Å². The molecule has 2 heterocycles. The predicted molar refractivity (Wildman–Crippen MR) is 115 cm³/mol. The van der Waals surface area contributed by atoms with Gasteiger partial charge in [-0.1, -0.05) is 42.5 Å². The fourth-order valence-corrected chi connectivity index (χ4v) is 3.42. The van der Waals surface area contributed by atoms with Gasteiger partial charge >= 0.3 is 6.18 Å². The highest BCUT2D eigenvalue weighted by Gasteiger charge is 2.32. The van der Waals surface area contributed by atoms with E-state index in [1.165, 1.54) is 12.4 Å². The first-order valence-electron chi connectivity index (χ1n) is 10.1. The van der Waals surface area contributed by atoms with Crippen LogP contribution >= 0.6 is 0 Å². The van der Waals surface area contributed by atoms with Gasteiger partial charge in [-0.3, -0.25) is 4.79 Å². The fourth-order valence-electron chi connectivity index (χ4n) is 3.42. The summed E-state index contributed by atoms with van der Waals surface area (Å²) in [5.41, 5.74) is 0.719. The van der Waals surface area contributed by atoms with Crippen molar-refractivity contribution < 1.29 is 22.7 Å². The van der Waals surface area contributed by atoms with Gasteiger partial charge in [0.05, 0.1) is 17.9 Å². The third-order valence-corrected chi connectivity index (χ3v) is 5.12. The van der Waals surface area contributed by atoms with Gasteiger partial charge in [0.25, 0.3) is 0 Å². The molecule has 1 aromatic carbocycles. The van der Waals surface area contributed by atoms with Crippen LogP contribution in [0.25, 0.3) is 0 Å². The standard InChI is InChI=1S/C23H21F3N4O2/c24-23(25,26)17-3-1-2-15(4-7-17)12-20(31)28-13-16-5-8-18(9-6-16)32-22-19-10-11-27-21(19)29-14-30-22/h2-11,14,19,22H,1,12-13H2,(H,28,31)(H,27,29,30). The van der Waals surface area contributed by atoms with Gasteiger partial charge in [-0.25, -0.2) is 9.98 Å². The number of alkyl halides is 3. The number of hydrogen-bond acceptors (Lipinski definition) is 5. The topological polar surface area (TPSA) is 75.1 Å². The zero-order valence-corrected chi connectivity index (χ0v) is 17.0. The fraction of sp³-hybridized carbons (Fsp3) is 0.261. The summed E-state index contributed by atoms with van der Waals surface area (Å²) in [6, 6.07) is 7.28. The summed E-state index contributed by atoms with van der Waals surface area (Å²) in [6.45, 7) is 0.301. The Balaban J connectivity index is 1.25. The van der Waals surface area contributed by atoms with E-state index in [-0.39, 0.29) is 24.7 Å². The third-order valence-electron chi connectivity index (χ3n) is 5.12. The van der Waals surface area contributed by atoms with Gasteiger partial charge in [0.15, 0.2) is 0 Å². The lowest BCUT2D eigenvalue weighted by atomic mass is 10.1. The number of nitrogens with one attached hydrogen (secondary N) is 2. The molecule has 0 radical (unpaired) electrons. The maximum absolute atomic E-state index is 12.8. The molecule has 0 bridgehead atoms. The van der Waals surface area contributed by atoms with Crippen LogP contribution < -0.4 is 15.4 Å². The molecule has 0 aromatic heterocycles. The number of amidine groups is 1. The molecule has 2 N–H and O–H groups in total. The average Bonchev–Trinajstić information content (AvgIpc) is 3.12. The smallest absolute Gasteiger partial charge is 0.416 e. The van der Waals surface area contributed by atoms with E-state index in [1.807, 2.05) is 24.4 Å². The summed E-state index contributed by atoms with van der Waals surface area (Å²) in [6.07, 6.45) is 5.69. The van der Waals surface area contributed by atoms with Crippen molar-refractivity contribution >= 4 is 18.1 Å². The molecular weight excluding hydrogens is 421 g/mol. The lowest BCUT2D eigenvalue weighted by Gasteiger charge is -2.22. The Morgan fingerprint density at radius 3 is 2.78 bits per heavy atom. The number of allylic oxidation sites excluding steroid dienone is 5. The number of rotatable bonds is 6. The number of hydrogen-bond donors (Lipinski definition) is 2. The van der Waals surface area contributed by atoms with Crippen molar-refractivity contribution in [2.75, 3.05) is 0 Å². The largest absolute Gasteiger partial charge is 0.468 e. The Morgan fingerprint density at radius 2 is 2.00 bits per heavy atom. The minimum absolute atomic E-state index is 0.0170. The van der Waals surface area contributed by atoms with Gasteiger partial charge < -0.3 is 15.4 Å². The molecule has 0 fully saturated rings.